The maximum absolute atomic E-state index is 5.84. The first-order valence-electron chi connectivity index (χ1n) is 6.78. The fourth-order valence-corrected chi connectivity index (χ4v) is 2.69. The Morgan fingerprint density at radius 1 is 1.09 bits per heavy atom. The van der Waals surface area contributed by atoms with Crippen LogP contribution in [-0.2, 0) is 0 Å². The molecule has 0 saturated heterocycles. The number of hydrogen-bond acceptors (Lipinski definition) is 4. The van der Waals surface area contributed by atoms with E-state index in [1.165, 1.54) is 16.9 Å². The van der Waals surface area contributed by atoms with Gasteiger partial charge in [-0.05, 0) is 24.6 Å². The maximum Gasteiger partial charge on any atom is 0.203 e. The Balaban J connectivity index is 1.66. The van der Waals surface area contributed by atoms with E-state index in [0.717, 1.165) is 22.0 Å². The van der Waals surface area contributed by atoms with Crippen LogP contribution in [0.3, 0.4) is 0 Å². The predicted molar refractivity (Wildman–Crippen MR) is 95.0 cm³/mol. The van der Waals surface area contributed by atoms with Gasteiger partial charge in [0.15, 0.2) is 0 Å². The molecule has 0 unspecified atom stereocenters. The Kier molecular flexibility index (Phi) is 4.51. The Morgan fingerprint density at radius 2 is 1.82 bits per heavy atom. The molecule has 0 spiro atoms. The summed E-state index contributed by atoms with van der Waals surface area (Å²) in [6, 6.07) is 15.8. The Hall–Kier alpha value is -2.17. The van der Waals surface area contributed by atoms with E-state index < -0.39 is 0 Å². The van der Waals surface area contributed by atoms with Crippen LogP contribution in [0.5, 0.6) is 0 Å². The SMILES string of the molecule is Cc1ccc(-c2csc(NN=Cc3ccc(Cl)cc3)n2)cc1. The second kappa shape index (κ2) is 6.73. The van der Waals surface area contributed by atoms with Gasteiger partial charge >= 0.3 is 0 Å². The van der Waals surface area contributed by atoms with E-state index >= 15 is 0 Å². The normalized spacial score (nSPS) is 11.0. The molecular weight excluding hydrogens is 314 g/mol. The summed E-state index contributed by atoms with van der Waals surface area (Å²) in [6.07, 6.45) is 1.74. The third-order valence-corrected chi connectivity index (χ3v) is 4.09. The summed E-state index contributed by atoms with van der Waals surface area (Å²) in [4.78, 5) is 4.53. The minimum absolute atomic E-state index is 0.716. The molecule has 0 saturated carbocycles. The van der Waals surface area contributed by atoms with Gasteiger partial charge in [0, 0.05) is 16.0 Å². The van der Waals surface area contributed by atoms with Gasteiger partial charge in [0.25, 0.3) is 0 Å². The van der Waals surface area contributed by atoms with Crippen LogP contribution in [0.4, 0.5) is 5.13 Å². The molecule has 3 nitrogen and oxygen atoms in total. The fourth-order valence-electron chi connectivity index (χ4n) is 1.89. The Morgan fingerprint density at radius 3 is 2.55 bits per heavy atom. The number of anilines is 1. The number of nitrogens with one attached hydrogen (secondary N) is 1. The minimum atomic E-state index is 0.716. The molecule has 0 fully saturated rings. The van der Waals surface area contributed by atoms with E-state index in [9.17, 15) is 0 Å². The van der Waals surface area contributed by atoms with Crippen LogP contribution >= 0.6 is 22.9 Å². The van der Waals surface area contributed by atoms with Crippen molar-refractivity contribution in [1.29, 1.82) is 0 Å². The van der Waals surface area contributed by atoms with E-state index in [2.05, 4.69) is 46.7 Å². The van der Waals surface area contributed by atoms with E-state index in [0.29, 0.717) is 5.02 Å². The van der Waals surface area contributed by atoms with E-state index in [-0.39, 0.29) is 0 Å². The lowest BCUT2D eigenvalue weighted by atomic mass is 10.1. The van der Waals surface area contributed by atoms with Crippen molar-refractivity contribution >= 4 is 34.3 Å². The van der Waals surface area contributed by atoms with Crippen LogP contribution in [0.2, 0.25) is 5.02 Å². The third kappa shape index (κ3) is 3.72. The number of thiazole rings is 1. The summed E-state index contributed by atoms with van der Waals surface area (Å²) in [6.45, 7) is 2.07. The Bertz CT molecular complexity index is 776. The van der Waals surface area contributed by atoms with Gasteiger partial charge in [0.05, 0.1) is 11.9 Å². The first kappa shape index (κ1) is 14.8. The standard InChI is InChI=1S/C17H14ClN3S/c1-12-2-6-14(7-3-12)16-11-22-17(20-16)21-19-10-13-4-8-15(18)9-5-13/h2-11H,1H3,(H,20,21). The van der Waals surface area contributed by atoms with Gasteiger partial charge in [-0.15, -0.1) is 11.3 Å². The van der Waals surface area contributed by atoms with Gasteiger partial charge in [-0.2, -0.15) is 5.10 Å². The molecule has 5 heteroatoms. The van der Waals surface area contributed by atoms with Crippen molar-refractivity contribution in [2.75, 3.05) is 5.43 Å². The number of aromatic nitrogens is 1. The molecule has 0 radical (unpaired) electrons. The highest BCUT2D eigenvalue weighted by atomic mass is 35.5. The first-order valence-corrected chi connectivity index (χ1v) is 8.04. The fraction of sp³-hybridized carbons (Fsp3) is 0.0588. The highest BCUT2D eigenvalue weighted by molar-refractivity contribution is 7.14. The number of halogens is 1. The van der Waals surface area contributed by atoms with Crippen molar-refractivity contribution in [1.82, 2.24) is 4.98 Å². The monoisotopic (exact) mass is 327 g/mol. The van der Waals surface area contributed by atoms with E-state index in [1.54, 1.807) is 6.21 Å². The molecule has 0 bridgehead atoms. The number of aryl methyl sites for hydroxylation is 1. The van der Waals surface area contributed by atoms with Gasteiger partial charge in [-0.25, -0.2) is 4.98 Å². The summed E-state index contributed by atoms with van der Waals surface area (Å²) >= 11 is 7.37. The van der Waals surface area contributed by atoms with Gasteiger partial charge in [-0.1, -0.05) is 53.6 Å². The second-order valence-corrected chi connectivity index (χ2v) is 6.12. The van der Waals surface area contributed by atoms with Crippen LogP contribution in [0, 0.1) is 6.92 Å². The summed E-state index contributed by atoms with van der Waals surface area (Å²) in [7, 11) is 0. The average Bonchev–Trinajstić information content (AvgIpc) is 2.99. The van der Waals surface area contributed by atoms with Crippen molar-refractivity contribution in [3.8, 4) is 11.3 Å². The zero-order valence-corrected chi connectivity index (χ0v) is 13.5. The highest BCUT2D eigenvalue weighted by Crippen LogP contribution is 2.25. The molecule has 0 aliphatic heterocycles. The van der Waals surface area contributed by atoms with Gasteiger partial charge in [-0.3, -0.25) is 5.43 Å². The molecule has 2 aromatic carbocycles. The lowest BCUT2D eigenvalue weighted by molar-refractivity contribution is 1.29. The predicted octanol–water partition coefficient (Wildman–Crippen LogP) is 5.22. The maximum atomic E-state index is 5.84. The van der Waals surface area contributed by atoms with Crippen LogP contribution in [0.25, 0.3) is 11.3 Å². The zero-order valence-electron chi connectivity index (χ0n) is 12.0. The zero-order chi connectivity index (χ0) is 15.4. The molecule has 22 heavy (non-hydrogen) atoms. The van der Waals surface area contributed by atoms with Gasteiger partial charge < -0.3 is 0 Å². The quantitative estimate of drug-likeness (QED) is 0.527. The summed E-state index contributed by atoms with van der Waals surface area (Å²) in [5.41, 5.74) is 7.23. The lowest BCUT2D eigenvalue weighted by Crippen LogP contribution is -1.90. The molecule has 3 rings (SSSR count). The number of benzene rings is 2. The molecule has 1 aromatic heterocycles. The summed E-state index contributed by atoms with van der Waals surface area (Å²) < 4.78 is 0. The lowest BCUT2D eigenvalue weighted by Gasteiger charge is -1.97. The van der Waals surface area contributed by atoms with Crippen molar-refractivity contribution < 1.29 is 0 Å². The molecule has 0 amide bonds. The second-order valence-electron chi connectivity index (χ2n) is 4.83. The van der Waals surface area contributed by atoms with Crippen molar-refractivity contribution in [2.24, 2.45) is 5.10 Å². The molecule has 3 aromatic rings. The van der Waals surface area contributed by atoms with Crippen molar-refractivity contribution in [2.45, 2.75) is 6.92 Å². The molecule has 1 N–H and O–H groups in total. The number of hydrogen-bond donors (Lipinski definition) is 1. The number of rotatable bonds is 4. The van der Waals surface area contributed by atoms with Gasteiger partial charge in [0.1, 0.15) is 0 Å². The van der Waals surface area contributed by atoms with Crippen molar-refractivity contribution in [3.05, 3.63) is 70.1 Å². The van der Waals surface area contributed by atoms with E-state index in [4.69, 9.17) is 11.6 Å². The highest BCUT2D eigenvalue weighted by Gasteiger charge is 2.03. The number of nitrogens with zero attached hydrogens (tertiary/aromatic N) is 2. The smallest absolute Gasteiger partial charge is 0.203 e. The molecule has 0 aliphatic carbocycles. The molecule has 1 heterocycles. The van der Waals surface area contributed by atoms with Crippen LogP contribution in [0.15, 0.2) is 59.0 Å². The summed E-state index contributed by atoms with van der Waals surface area (Å²) in [5.74, 6) is 0. The topological polar surface area (TPSA) is 37.3 Å². The van der Waals surface area contributed by atoms with Gasteiger partial charge in [0.2, 0.25) is 5.13 Å². The molecule has 0 atom stereocenters. The summed E-state index contributed by atoms with van der Waals surface area (Å²) in [5, 5.41) is 7.69. The van der Waals surface area contributed by atoms with E-state index in [1.807, 2.05) is 29.6 Å². The number of hydrazone groups is 1. The molecular formula is C17H14ClN3S. The largest absolute Gasteiger partial charge is 0.253 e. The molecule has 0 aliphatic rings. The Labute approximate surface area is 138 Å². The minimum Gasteiger partial charge on any atom is -0.253 e. The van der Waals surface area contributed by atoms with Crippen molar-refractivity contribution in [3.63, 3.8) is 0 Å². The first-order chi connectivity index (χ1) is 10.7. The van der Waals surface area contributed by atoms with Crippen LogP contribution in [-0.4, -0.2) is 11.2 Å². The van der Waals surface area contributed by atoms with Crippen LogP contribution in [0.1, 0.15) is 11.1 Å². The molecule has 110 valence electrons. The van der Waals surface area contributed by atoms with Crippen LogP contribution < -0.4 is 5.43 Å². The average molecular weight is 328 g/mol. The third-order valence-electron chi connectivity index (χ3n) is 3.10.